The van der Waals surface area contributed by atoms with Gasteiger partial charge in [0.1, 0.15) is 0 Å². The minimum Gasteiger partial charge on any atom is -0.294 e. The molecule has 0 amide bonds. The molecule has 0 spiro atoms. The summed E-state index contributed by atoms with van der Waals surface area (Å²) in [7, 11) is 0. The van der Waals surface area contributed by atoms with Crippen LogP contribution in [0.4, 0.5) is 0 Å². The summed E-state index contributed by atoms with van der Waals surface area (Å²) in [6.45, 7) is 9.52. The van der Waals surface area contributed by atoms with E-state index < -0.39 is 0 Å². The van der Waals surface area contributed by atoms with Gasteiger partial charge in [0, 0.05) is 18.0 Å². The second-order valence-electron chi connectivity index (χ2n) is 1.80. The zero-order valence-electron chi connectivity index (χ0n) is 9.16. The number of pyridine rings is 1. The van der Waals surface area contributed by atoms with Crippen LogP contribution in [0.25, 0.3) is 0 Å². The highest BCUT2D eigenvalue weighted by molar-refractivity contribution is 5.93. The van der Waals surface area contributed by atoms with Gasteiger partial charge in [-0.05, 0) is 19.1 Å². The smallest absolute Gasteiger partial charge is 0.161 e. The van der Waals surface area contributed by atoms with Crippen LogP contribution in [0.1, 0.15) is 45.0 Å². The molecule has 0 saturated carbocycles. The Kier molecular flexibility index (Phi) is 11.9. The summed E-state index contributed by atoms with van der Waals surface area (Å²) in [5, 5.41) is 0. The molecule has 0 aliphatic carbocycles. The van der Waals surface area contributed by atoms with E-state index >= 15 is 0 Å². The zero-order valence-corrected chi connectivity index (χ0v) is 9.16. The molecule has 13 heavy (non-hydrogen) atoms. The van der Waals surface area contributed by atoms with Crippen LogP contribution in [0.3, 0.4) is 0 Å². The van der Waals surface area contributed by atoms with E-state index in [1.165, 1.54) is 6.92 Å². The van der Waals surface area contributed by atoms with Crippen molar-refractivity contribution in [2.75, 3.05) is 0 Å². The number of rotatable bonds is 1. The summed E-state index contributed by atoms with van der Waals surface area (Å²) in [6.07, 6.45) is 3.20. The minimum absolute atomic E-state index is 0.0584. The van der Waals surface area contributed by atoms with Crippen LogP contribution in [0.15, 0.2) is 24.5 Å². The molecule has 0 saturated heterocycles. The van der Waals surface area contributed by atoms with E-state index in [1.54, 1.807) is 24.5 Å². The van der Waals surface area contributed by atoms with Gasteiger partial charge in [-0.3, -0.25) is 9.78 Å². The van der Waals surface area contributed by atoms with Gasteiger partial charge in [-0.15, -0.1) is 0 Å². The fourth-order valence-corrected chi connectivity index (χ4v) is 0.571. The molecule has 1 aromatic rings. The lowest BCUT2D eigenvalue weighted by Gasteiger charge is -1.88. The number of carbonyl (C=O) groups is 1. The molecular formula is C11H19NO. The van der Waals surface area contributed by atoms with Crippen LogP contribution < -0.4 is 0 Å². The lowest BCUT2D eigenvalue weighted by Crippen LogP contribution is -1.90. The Balaban J connectivity index is 0. The summed E-state index contributed by atoms with van der Waals surface area (Å²) in [5.41, 5.74) is 0.664. The number of Topliss-reactive ketones (excluding diaryl/α,β-unsaturated/α-hetero) is 1. The topological polar surface area (TPSA) is 30.0 Å². The van der Waals surface area contributed by atoms with Gasteiger partial charge in [-0.25, -0.2) is 0 Å². The van der Waals surface area contributed by atoms with Crippen molar-refractivity contribution in [2.45, 2.75) is 34.6 Å². The van der Waals surface area contributed by atoms with E-state index in [-0.39, 0.29) is 5.78 Å². The fourth-order valence-electron chi connectivity index (χ4n) is 0.571. The van der Waals surface area contributed by atoms with Crippen molar-refractivity contribution < 1.29 is 4.79 Å². The third-order valence-corrected chi connectivity index (χ3v) is 1.07. The zero-order chi connectivity index (χ0) is 10.7. The summed E-state index contributed by atoms with van der Waals surface area (Å²) in [4.78, 5) is 14.4. The third-order valence-electron chi connectivity index (χ3n) is 1.07. The van der Waals surface area contributed by atoms with Gasteiger partial charge < -0.3 is 0 Å². The van der Waals surface area contributed by atoms with Gasteiger partial charge in [0.2, 0.25) is 0 Å². The van der Waals surface area contributed by atoms with Crippen LogP contribution >= 0.6 is 0 Å². The molecule has 0 N–H and O–H groups in total. The van der Waals surface area contributed by atoms with E-state index in [1.807, 2.05) is 27.7 Å². The first-order chi connectivity index (χ1) is 6.30. The highest BCUT2D eigenvalue weighted by Gasteiger charge is 1.93. The Morgan fingerprint density at radius 1 is 1.23 bits per heavy atom. The quantitative estimate of drug-likeness (QED) is 0.622. The molecule has 0 unspecified atom stereocenters. The maximum Gasteiger partial charge on any atom is 0.161 e. The van der Waals surface area contributed by atoms with Gasteiger partial charge >= 0.3 is 0 Å². The van der Waals surface area contributed by atoms with E-state index in [9.17, 15) is 4.79 Å². The fraction of sp³-hybridized carbons (Fsp3) is 0.455. The Morgan fingerprint density at radius 3 is 2.00 bits per heavy atom. The van der Waals surface area contributed by atoms with Crippen molar-refractivity contribution in [3.8, 4) is 0 Å². The second-order valence-corrected chi connectivity index (χ2v) is 1.80. The number of hydrogen-bond donors (Lipinski definition) is 0. The molecule has 1 rings (SSSR count). The van der Waals surface area contributed by atoms with Gasteiger partial charge in [-0.1, -0.05) is 27.7 Å². The lowest BCUT2D eigenvalue weighted by molar-refractivity contribution is 0.101. The molecule has 0 aliphatic rings. The summed E-state index contributed by atoms with van der Waals surface area (Å²) in [5.74, 6) is 0.0584. The Bertz CT molecular complexity index is 207. The maximum absolute atomic E-state index is 10.6. The first-order valence-electron chi connectivity index (χ1n) is 4.71. The average molecular weight is 181 g/mol. The normalized spacial score (nSPS) is 7.15. The van der Waals surface area contributed by atoms with Crippen LogP contribution in [0.5, 0.6) is 0 Å². The Hall–Kier alpha value is -1.18. The third kappa shape index (κ3) is 7.19. The predicted octanol–water partition coefficient (Wildman–Crippen LogP) is 3.34. The minimum atomic E-state index is 0.0584. The summed E-state index contributed by atoms with van der Waals surface area (Å²) >= 11 is 0. The monoisotopic (exact) mass is 181 g/mol. The van der Waals surface area contributed by atoms with E-state index in [0.717, 1.165) is 0 Å². The van der Waals surface area contributed by atoms with Crippen LogP contribution in [-0.4, -0.2) is 10.8 Å². The SMILES string of the molecule is CC.CC.CC(=O)c1cccnc1. The number of aromatic nitrogens is 1. The lowest BCUT2D eigenvalue weighted by atomic mass is 10.2. The predicted molar refractivity (Wildman–Crippen MR) is 56.9 cm³/mol. The molecular weight excluding hydrogens is 162 g/mol. The Labute approximate surface area is 81.0 Å². The van der Waals surface area contributed by atoms with E-state index in [4.69, 9.17) is 0 Å². The van der Waals surface area contributed by atoms with E-state index in [0.29, 0.717) is 5.56 Å². The molecule has 2 heteroatoms. The summed E-state index contributed by atoms with van der Waals surface area (Å²) in [6, 6.07) is 3.49. The molecule has 0 aliphatic heterocycles. The molecule has 0 aromatic carbocycles. The molecule has 1 heterocycles. The second kappa shape index (κ2) is 10.8. The molecule has 0 radical (unpaired) electrons. The van der Waals surface area contributed by atoms with Crippen molar-refractivity contribution >= 4 is 5.78 Å². The van der Waals surface area contributed by atoms with Crippen LogP contribution in [0.2, 0.25) is 0 Å². The number of nitrogens with zero attached hydrogens (tertiary/aromatic N) is 1. The molecule has 0 fully saturated rings. The van der Waals surface area contributed by atoms with E-state index in [2.05, 4.69) is 4.98 Å². The largest absolute Gasteiger partial charge is 0.294 e. The number of ketones is 1. The van der Waals surface area contributed by atoms with Gasteiger partial charge in [0.15, 0.2) is 5.78 Å². The highest BCUT2D eigenvalue weighted by Crippen LogP contribution is 1.94. The maximum atomic E-state index is 10.6. The van der Waals surface area contributed by atoms with Crippen molar-refractivity contribution in [2.24, 2.45) is 0 Å². The molecule has 2 nitrogen and oxygen atoms in total. The van der Waals surface area contributed by atoms with Crippen LogP contribution in [0, 0.1) is 0 Å². The molecule has 1 aromatic heterocycles. The van der Waals surface area contributed by atoms with Crippen LogP contribution in [-0.2, 0) is 0 Å². The first kappa shape index (κ1) is 14.3. The molecule has 0 bridgehead atoms. The molecule has 0 atom stereocenters. The van der Waals surface area contributed by atoms with Crippen molar-refractivity contribution in [1.82, 2.24) is 4.98 Å². The Morgan fingerprint density at radius 2 is 1.77 bits per heavy atom. The van der Waals surface area contributed by atoms with Gasteiger partial charge in [0.05, 0.1) is 0 Å². The number of carbonyl (C=O) groups excluding carboxylic acids is 1. The van der Waals surface area contributed by atoms with Crippen molar-refractivity contribution in [1.29, 1.82) is 0 Å². The standard InChI is InChI=1S/C7H7NO.2C2H6/c1-6(9)7-3-2-4-8-5-7;2*1-2/h2-5H,1H3;2*1-2H3. The molecule has 74 valence electrons. The van der Waals surface area contributed by atoms with Crippen molar-refractivity contribution in [3.05, 3.63) is 30.1 Å². The van der Waals surface area contributed by atoms with Gasteiger partial charge in [0.25, 0.3) is 0 Å². The van der Waals surface area contributed by atoms with Crippen molar-refractivity contribution in [3.63, 3.8) is 0 Å². The first-order valence-corrected chi connectivity index (χ1v) is 4.71. The summed E-state index contributed by atoms with van der Waals surface area (Å²) < 4.78 is 0. The average Bonchev–Trinajstić information content (AvgIpc) is 2.25. The highest BCUT2D eigenvalue weighted by atomic mass is 16.1. The number of hydrogen-bond acceptors (Lipinski definition) is 2. The van der Waals surface area contributed by atoms with Gasteiger partial charge in [-0.2, -0.15) is 0 Å².